The smallest absolute Gasteiger partial charge is 0.358 e. The molecule has 1 heterocycles. The van der Waals surface area contributed by atoms with Crippen molar-refractivity contribution in [2.24, 2.45) is 0 Å². The normalized spacial score (nSPS) is 10.2. The van der Waals surface area contributed by atoms with E-state index < -0.39 is 5.97 Å². The van der Waals surface area contributed by atoms with Crippen LogP contribution in [0.5, 0.6) is 0 Å². The molecule has 0 saturated heterocycles. The number of carbonyl (C=O) groups is 1. The Labute approximate surface area is 130 Å². The molecule has 0 radical (unpaired) electrons. The average molecular weight is 296 g/mol. The maximum absolute atomic E-state index is 12.1. The number of carbonyl (C=O) groups excluding carboxylic acids is 1. The van der Waals surface area contributed by atoms with Crippen LogP contribution in [0.3, 0.4) is 0 Å². The van der Waals surface area contributed by atoms with Gasteiger partial charge in [-0.05, 0) is 31.4 Å². The third kappa shape index (κ3) is 3.34. The van der Waals surface area contributed by atoms with Crippen molar-refractivity contribution in [2.75, 3.05) is 6.61 Å². The minimum atomic E-state index is -0.408. The number of benzene rings is 1. The molecule has 0 atom stereocenters. The maximum Gasteiger partial charge on any atom is 0.358 e. The van der Waals surface area contributed by atoms with Crippen LogP contribution in [0.1, 0.15) is 34.5 Å². The lowest BCUT2D eigenvalue weighted by molar-refractivity contribution is 0.0518. The summed E-state index contributed by atoms with van der Waals surface area (Å²) in [7, 11) is 0. The van der Waals surface area contributed by atoms with Crippen molar-refractivity contribution in [1.29, 1.82) is 0 Å². The lowest BCUT2D eigenvalue weighted by Crippen LogP contribution is -2.10. The monoisotopic (exact) mass is 296 g/mol. The second-order valence-electron chi connectivity index (χ2n) is 4.73. The summed E-state index contributed by atoms with van der Waals surface area (Å²) in [5.74, 6) is 0.190. The van der Waals surface area contributed by atoms with Gasteiger partial charge < -0.3 is 9.30 Å². The minimum Gasteiger partial charge on any atom is -0.461 e. The van der Waals surface area contributed by atoms with Crippen LogP contribution in [-0.2, 0) is 17.6 Å². The molecule has 0 aliphatic rings. The summed E-state index contributed by atoms with van der Waals surface area (Å²) in [6, 6.07) is 10.1. The van der Waals surface area contributed by atoms with Gasteiger partial charge in [-0.3, -0.25) is 0 Å². The fourth-order valence-corrected chi connectivity index (χ4v) is 2.34. The molecule has 1 aromatic heterocycles. The van der Waals surface area contributed by atoms with Crippen molar-refractivity contribution in [3.8, 4) is 0 Å². The van der Waals surface area contributed by atoms with Crippen LogP contribution in [0, 0.1) is 0 Å². The number of hydrogen-bond donors (Lipinski definition) is 0. The van der Waals surface area contributed by atoms with Crippen LogP contribution >= 0.6 is 0 Å². The van der Waals surface area contributed by atoms with Crippen molar-refractivity contribution in [3.63, 3.8) is 0 Å². The third-order valence-corrected chi connectivity index (χ3v) is 3.36. The summed E-state index contributed by atoms with van der Waals surface area (Å²) < 4.78 is 6.89. The molecule has 4 nitrogen and oxygen atoms in total. The van der Waals surface area contributed by atoms with Gasteiger partial charge in [-0.15, -0.1) is 0 Å². The van der Waals surface area contributed by atoms with Gasteiger partial charge in [-0.2, -0.15) is 0 Å². The number of esters is 1. The second kappa shape index (κ2) is 7.41. The molecule has 4 heteroatoms. The van der Waals surface area contributed by atoms with E-state index in [2.05, 4.69) is 30.3 Å². The van der Waals surface area contributed by atoms with Crippen LogP contribution < -0.4 is 0 Å². The highest BCUT2D eigenvalue weighted by Crippen LogP contribution is 2.18. The highest BCUT2D eigenvalue weighted by molar-refractivity contribution is 5.89. The lowest BCUT2D eigenvalue weighted by Gasteiger charge is -2.07. The summed E-state index contributed by atoms with van der Waals surface area (Å²) in [6.07, 6.45) is 4.73. The van der Waals surface area contributed by atoms with Gasteiger partial charge in [0.15, 0.2) is 5.69 Å². The van der Waals surface area contributed by atoms with E-state index in [0.717, 1.165) is 12.1 Å². The Morgan fingerprint density at radius 3 is 2.59 bits per heavy atom. The fraction of sp³-hybridized carbons (Fsp3) is 0.222. The summed E-state index contributed by atoms with van der Waals surface area (Å²) in [5.41, 5.74) is 2.34. The third-order valence-electron chi connectivity index (χ3n) is 3.36. The molecule has 2 rings (SSSR count). The Kier molecular flexibility index (Phi) is 5.31. The second-order valence-corrected chi connectivity index (χ2v) is 4.73. The van der Waals surface area contributed by atoms with Gasteiger partial charge in [0.2, 0.25) is 0 Å². The Morgan fingerprint density at radius 1 is 1.27 bits per heavy atom. The molecule has 0 spiro atoms. The topological polar surface area (TPSA) is 44.1 Å². The Hall–Kier alpha value is -2.62. The molecule has 0 unspecified atom stereocenters. The molecular weight excluding hydrogens is 276 g/mol. The van der Waals surface area contributed by atoms with E-state index in [0.29, 0.717) is 24.5 Å². The first-order valence-corrected chi connectivity index (χ1v) is 7.28. The first-order valence-electron chi connectivity index (χ1n) is 7.28. The van der Waals surface area contributed by atoms with E-state index in [4.69, 9.17) is 4.74 Å². The van der Waals surface area contributed by atoms with Crippen LogP contribution in [0.15, 0.2) is 43.5 Å². The number of nitrogens with zero attached hydrogens (tertiary/aromatic N) is 2. The summed E-state index contributed by atoms with van der Waals surface area (Å²) in [6.45, 7) is 9.63. The predicted octanol–water partition coefficient (Wildman–Crippen LogP) is 3.59. The number of hydrogen-bond acceptors (Lipinski definition) is 3. The van der Waals surface area contributed by atoms with Crippen molar-refractivity contribution >= 4 is 18.2 Å². The zero-order chi connectivity index (χ0) is 15.9. The zero-order valence-corrected chi connectivity index (χ0v) is 12.8. The lowest BCUT2D eigenvalue weighted by atomic mass is 10.1. The zero-order valence-electron chi connectivity index (χ0n) is 12.8. The highest BCUT2D eigenvalue weighted by Gasteiger charge is 2.21. The van der Waals surface area contributed by atoms with Gasteiger partial charge in [0, 0.05) is 6.20 Å². The molecule has 22 heavy (non-hydrogen) atoms. The first-order chi connectivity index (χ1) is 10.7. The Bertz CT molecular complexity index is 672. The molecule has 0 aliphatic carbocycles. The molecule has 0 saturated carbocycles. The van der Waals surface area contributed by atoms with Gasteiger partial charge in [0.25, 0.3) is 0 Å². The number of aryl methyl sites for hydroxylation is 1. The van der Waals surface area contributed by atoms with E-state index in [1.165, 1.54) is 5.56 Å². The van der Waals surface area contributed by atoms with Gasteiger partial charge in [-0.25, -0.2) is 9.78 Å². The summed E-state index contributed by atoms with van der Waals surface area (Å²) >= 11 is 0. The van der Waals surface area contributed by atoms with E-state index in [1.54, 1.807) is 23.8 Å². The number of ether oxygens (including phenoxy) is 1. The average Bonchev–Trinajstić information content (AvgIpc) is 2.91. The standard InChI is InChI=1S/C18H20N2O2/c1-4-16-19-17(18(21)22-6-3)15(20(16)5-2)13-12-14-10-8-7-9-11-14/h4-5,7-11H,1-2,6,12-13H2,3H3. The Balaban J connectivity index is 2.34. The van der Waals surface area contributed by atoms with Crippen molar-refractivity contribution in [3.05, 3.63) is 66.3 Å². The maximum atomic E-state index is 12.1. The quantitative estimate of drug-likeness (QED) is 0.733. The van der Waals surface area contributed by atoms with Gasteiger partial charge >= 0.3 is 5.97 Å². The van der Waals surface area contributed by atoms with Crippen molar-refractivity contribution in [2.45, 2.75) is 19.8 Å². The van der Waals surface area contributed by atoms with Crippen LogP contribution in [0.25, 0.3) is 12.3 Å². The summed E-state index contributed by atoms with van der Waals surface area (Å²) in [5, 5.41) is 0. The fourth-order valence-electron chi connectivity index (χ4n) is 2.34. The molecule has 2 aromatic rings. The highest BCUT2D eigenvalue weighted by atomic mass is 16.5. The van der Waals surface area contributed by atoms with Crippen LogP contribution in [0.2, 0.25) is 0 Å². The SMILES string of the molecule is C=Cc1nc(C(=O)OCC)c(CCc2ccccc2)n1C=C. The number of aromatic nitrogens is 2. The predicted molar refractivity (Wildman–Crippen MR) is 88.5 cm³/mol. The van der Waals surface area contributed by atoms with E-state index in [9.17, 15) is 4.79 Å². The van der Waals surface area contributed by atoms with E-state index in [1.807, 2.05) is 18.2 Å². The van der Waals surface area contributed by atoms with Gasteiger partial charge in [0.1, 0.15) is 5.82 Å². The van der Waals surface area contributed by atoms with Gasteiger partial charge in [-0.1, -0.05) is 43.5 Å². The van der Waals surface area contributed by atoms with Gasteiger partial charge in [0.05, 0.1) is 12.3 Å². The summed E-state index contributed by atoms with van der Waals surface area (Å²) in [4.78, 5) is 16.4. The van der Waals surface area contributed by atoms with E-state index in [-0.39, 0.29) is 0 Å². The molecular formula is C18H20N2O2. The molecule has 1 aromatic carbocycles. The number of rotatable bonds is 7. The molecule has 0 N–H and O–H groups in total. The largest absolute Gasteiger partial charge is 0.461 e. The van der Waals surface area contributed by atoms with Crippen molar-refractivity contribution in [1.82, 2.24) is 9.55 Å². The first kappa shape index (κ1) is 15.8. The van der Waals surface area contributed by atoms with E-state index >= 15 is 0 Å². The van der Waals surface area contributed by atoms with Crippen LogP contribution in [-0.4, -0.2) is 22.1 Å². The number of imidazole rings is 1. The molecule has 0 bridgehead atoms. The minimum absolute atomic E-state index is 0.321. The molecule has 114 valence electrons. The molecule has 0 fully saturated rings. The van der Waals surface area contributed by atoms with Crippen LogP contribution in [0.4, 0.5) is 0 Å². The molecule has 0 aliphatic heterocycles. The Morgan fingerprint density at radius 2 is 2.00 bits per heavy atom. The van der Waals surface area contributed by atoms with Crippen molar-refractivity contribution < 1.29 is 9.53 Å². The molecule has 0 amide bonds.